The lowest BCUT2D eigenvalue weighted by atomic mass is 10.0. The molecule has 7 heteroatoms. The molecule has 7 nitrogen and oxygen atoms in total. The van der Waals surface area contributed by atoms with Crippen LogP contribution >= 0.6 is 0 Å². The van der Waals surface area contributed by atoms with E-state index < -0.39 is 0 Å². The third kappa shape index (κ3) is 8.11. The van der Waals surface area contributed by atoms with Gasteiger partial charge < -0.3 is 20.9 Å². The molecule has 1 atom stereocenters. The number of amides is 3. The van der Waals surface area contributed by atoms with Crippen molar-refractivity contribution >= 4 is 29.1 Å². The molecule has 0 aliphatic rings. The summed E-state index contributed by atoms with van der Waals surface area (Å²) >= 11 is 0. The molecule has 0 spiro atoms. The molecule has 0 aliphatic heterocycles. The Bertz CT molecular complexity index is 612. The van der Waals surface area contributed by atoms with Gasteiger partial charge in [-0.05, 0) is 44.6 Å². The molecule has 1 rings (SSSR count). The molecule has 0 aliphatic carbocycles. The number of likely N-dealkylation sites (N-methyl/N-ethyl adjacent to an activating group) is 1. The summed E-state index contributed by atoms with van der Waals surface area (Å²) in [5.74, 6) is -0.291. The number of nitrogens with one attached hydrogen (secondary N) is 3. The number of benzene rings is 1. The molecular weight excluding hydrogens is 332 g/mol. The van der Waals surface area contributed by atoms with Crippen molar-refractivity contribution in [3.8, 4) is 0 Å². The van der Waals surface area contributed by atoms with Crippen molar-refractivity contribution in [2.45, 2.75) is 40.2 Å². The van der Waals surface area contributed by atoms with E-state index in [1.807, 2.05) is 19.0 Å². The number of nitrogens with zero attached hydrogens (tertiary/aromatic N) is 1. The number of anilines is 2. The third-order valence-electron chi connectivity index (χ3n) is 3.51. The predicted octanol–water partition coefficient (Wildman–Crippen LogP) is 2.31. The van der Waals surface area contributed by atoms with E-state index in [2.05, 4.69) is 29.8 Å². The van der Waals surface area contributed by atoms with Crippen molar-refractivity contribution in [2.24, 2.45) is 5.92 Å². The second kappa shape index (κ2) is 9.91. The molecule has 1 unspecified atom stereocenters. The molecule has 0 saturated carbocycles. The molecule has 0 aromatic heterocycles. The molecule has 144 valence electrons. The van der Waals surface area contributed by atoms with Gasteiger partial charge in [-0.25, -0.2) is 0 Å². The van der Waals surface area contributed by atoms with E-state index in [1.165, 1.54) is 13.8 Å². The first kappa shape index (κ1) is 21.6. The number of carbonyl (C=O) groups excluding carboxylic acids is 3. The Morgan fingerprint density at radius 2 is 1.46 bits per heavy atom. The molecular formula is C19H30N4O3. The Morgan fingerprint density at radius 1 is 0.962 bits per heavy atom. The number of hydrogen-bond acceptors (Lipinski definition) is 4. The molecule has 26 heavy (non-hydrogen) atoms. The highest BCUT2D eigenvalue weighted by Gasteiger charge is 2.17. The minimum atomic E-state index is -0.248. The topological polar surface area (TPSA) is 90.5 Å². The molecule has 0 radical (unpaired) electrons. The van der Waals surface area contributed by atoms with Crippen LogP contribution in [0.15, 0.2) is 18.2 Å². The Kier molecular flexibility index (Phi) is 8.25. The number of hydrogen-bond donors (Lipinski definition) is 3. The normalized spacial score (nSPS) is 12.0. The van der Waals surface area contributed by atoms with Gasteiger partial charge in [-0.15, -0.1) is 0 Å². The zero-order valence-corrected chi connectivity index (χ0v) is 16.5. The lowest BCUT2D eigenvalue weighted by Crippen LogP contribution is -2.42. The summed E-state index contributed by atoms with van der Waals surface area (Å²) in [5, 5.41) is 8.36. The van der Waals surface area contributed by atoms with Gasteiger partial charge in [-0.3, -0.25) is 14.4 Å². The molecule has 1 aromatic rings. The van der Waals surface area contributed by atoms with Crippen molar-refractivity contribution in [1.29, 1.82) is 0 Å². The summed E-state index contributed by atoms with van der Waals surface area (Å²) in [6.45, 7) is 7.73. The molecule has 3 N–H and O–H groups in total. The zero-order chi connectivity index (χ0) is 19.9. The fourth-order valence-corrected chi connectivity index (χ4v) is 2.77. The second-order valence-electron chi connectivity index (χ2n) is 7.22. The van der Waals surface area contributed by atoms with E-state index in [0.717, 1.165) is 13.0 Å². The smallest absolute Gasteiger partial charge is 0.251 e. The van der Waals surface area contributed by atoms with Crippen LogP contribution in [0.2, 0.25) is 0 Å². The van der Waals surface area contributed by atoms with Crippen LogP contribution in [0, 0.1) is 5.92 Å². The quantitative estimate of drug-likeness (QED) is 0.662. The van der Waals surface area contributed by atoms with Gasteiger partial charge in [0.1, 0.15) is 0 Å². The van der Waals surface area contributed by atoms with Gasteiger partial charge in [-0.2, -0.15) is 0 Å². The van der Waals surface area contributed by atoms with Crippen molar-refractivity contribution in [2.75, 3.05) is 31.3 Å². The van der Waals surface area contributed by atoms with Gasteiger partial charge in [0.2, 0.25) is 11.8 Å². The van der Waals surface area contributed by atoms with E-state index in [-0.39, 0.29) is 23.8 Å². The molecule has 0 heterocycles. The third-order valence-corrected chi connectivity index (χ3v) is 3.51. The average Bonchev–Trinajstić information content (AvgIpc) is 2.43. The van der Waals surface area contributed by atoms with E-state index in [0.29, 0.717) is 22.9 Å². The summed E-state index contributed by atoms with van der Waals surface area (Å²) in [5.41, 5.74) is 1.30. The minimum absolute atomic E-state index is 0.00568. The minimum Gasteiger partial charge on any atom is -0.348 e. The van der Waals surface area contributed by atoms with Crippen LogP contribution in [0.5, 0.6) is 0 Å². The summed E-state index contributed by atoms with van der Waals surface area (Å²) in [6.07, 6.45) is 0.855. The van der Waals surface area contributed by atoms with E-state index >= 15 is 0 Å². The first-order chi connectivity index (χ1) is 12.1. The number of rotatable bonds is 8. The first-order valence-electron chi connectivity index (χ1n) is 8.72. The van der Waals surface area contributed by atoms with Gasteiger partial charge >= 0.3 is 0 Å². The zero-order valence-electron chi connectivity index (χ0n) is 16.5. The highest BCUT2D eigenvalue weighted by Crippen LogP contribution is 2.20. The largest absolute Gasteiger partial charge is 0.348 e. The van der Waals surface area contributed by atoms with Crippen LogP contribution in [0.4, 0.5) is 11.4 Å². The molecule has 1 aromatic carbocycles. The van der Waals surface area contributed by atoms with Crippen molar-refractivity contribution in [3.63, 3.8) is 0 Å². The maximum Gasteiger partial charge on any atom is 0.251 e. The van der Waals surface area contributed by atoms with Gasteiger partial charge in [0.25, 0.3) is 5.91 Å². The van der Waals surface area contributed by atoms with Gasteiger partial charge in [-0.1, -0.05) is 13.8 Å². The molecule has 3 amide bonds. The van der Waals surface area contributed by atoms with Crippen LogP contribution in [-0.4, -0.2) is 49.3 Å². The maximum absolute atomic E-state index is 12.7. The van der Waals surface area contributed by atoms with Gasteiger partial charge in [0.15, 0.2) is 0 Å². The summed E-state index contributed by atoms with van der Waals surface area (Å²) in [4.78, 5) is 37.5. The van der Waals surface area contributed by atoms with Crippen molar-refractivity contribution in [1.82, 2.24) is 10.2 Å². The fraction of sp³-hybridized carbons (Fsp3) is 0.526. The average molecular weight is 362 g/mol. The van der Waals surface area contributed by atoms with Crippen molar-refractivity contribution < 1.29 is 14.4 Å². The standard InChI is InChI=1S/C19H30N4O3/c1-12(2)7-18(11-23(5)6)22-19(26)15-8-16(20-13(3)24)10-17(9-15)21-14(4)25/h8-10,12,18H,7,11H2,1-6H3,(H,20,24)(H,21,25)(H,22,26). The summed E-state index contributed by atoms with van der Waals surface area (Å²) in [6, 6.07) is 4.82. The molecule has 0 fully saturated rings. The van der Waals surface area contributed by atoms with Gasteiger partial charge in [0.05, 0.1) is 0 Å². The van der Waals surface area contributed by atoms with Crippen LogP contribution in [0.25, 0.3) is 0 Å². The highest BCUT2D eigenvalue weighted by molar-refractivity contribution is 6.00. The summed E-state index contributed by atoms with van der Waals surface area (Å²) < 4.78 is 0. The highest BCUT2D eigenvalue weighted by atomic mass is 16.2. The molecule has 0 bridgehead atoms. The second-order valence-corrected chi connectivity index (χ2v) is 7.22. The first-order valence-corrected chi connectivity index (χ1v) is 8.72. The summed E-state index contributed by atoms with van der Waals surface area (Å²) in [7, 11) is 3.93. The van der Waals surface area contributed by atoms with E-state index in [4.69, 9.17) is 0 Å². The monoisotopic (exact) mass is 362 g/mol. The van der Waals surface area contributed by atoms with E-state index in [9.17, 15) is 14.4 Å². The Balaban J connectivity index is 3.06. The number of carbonyl (C=O) groups is 3. The Morgan fingerprint density at radius 3 is 1.85 bits per heavy atom. The maximum atomic E-state index is 12.7. The SMILES string of the molecule is CC(=O)Nc1cc(NC(C)=O)cc(C(=O)NC(CC(C)C)CN(C)C)c1. The van der Waals surface area contributed by atoms with Crippen LogP contribution in [-0.2, 0) is 9.59 Å². The lowest BCUT2D eigenvalue weighted by molar-refractivity contribution is -0.115. The van der Waals surface area contributed by atoms with Crippen LogP contribution in [0.1, 0.15) is 44.5 Å². The Labute approximate surface area is 155 Å². The predicted molar refractivity (Wildman–Crippen MR) is 104 cm³/mol. The van der Waals surface area contributed by atoms with E-state index in [1.54, 1.807) is 18.2 Å². The lowest BCUT2D eigenvalue weighted by Gasteiger charge is -2.24. The van der Waals surface area contributed by atoms with Crippen LogP contribution < -0.4 is 16.0 Å². The van der Waals surface area contributed by atoms with Crippen LogP contribution in [0.3, 0.4) is 0 Å². The van der Waals surface area contributed by atoms with Crippen molar-refractivity contribution in [3.05, 3.63) is 23.8 Å². The fourth-order valence-electron chi connectivity index (χ4n) is 2.77. The molecule has 0 saturated heterocycles. The Hall–Kier alpha value is -2.41. The van der Waals surface area contributed by atoms with Gasteiger partial charge in [0, 0.05) is 43.4 Å².